The van der Waals surface area contributed by atoms with Gasteiger partial charge in [-0.05, 0) is 38.5 Å². The highest BCUT2D eigenvalue weighted by Crippen LogP contribution is 2.27. The zero-order chi connectivity index (χ0) is 17.6. The van der Waals surface area contributed by atoms with Crippen LogP contribution in [0.25, 0.3) is 0 Å². The van der Waals surface area contributed by atoms with Crippen LogP contribution in [0.2, 0.25) is 0 Å². The highest BCUT2D eigenvalue weighted by atomic mass is 16.6. The van der Waals surface area contributed by atoms with Crippen LogP contribution in [-0.4, -0.2) is 34.5 Å². The molecule has 0 aliphatic carbocycles. The maximum absolute atomic E-state index is 10.4. The van der Waals surface area contributed by atoms with Gasteiger partial charge in [0.05, 0.1) is 12.2 Å². The second kappa shape index (κ2) is 13.0. The Morgan fingerprint density at radius 3 is 2.62 bits per heavy atom. The minimum absolute atomic E-state index is 0.138. The molecule has 4 nitrogen and oxygen atoms in total. The van der Waals surface area contributed by atoms with Gasteiger partial charge in [-0.2, -0.15) is 0 Å². The Morgan fingerprint density at radius 1 is 1.12 bits per heavy atom. The molecule has 0 aromatic carbocycles. The number of hydrogen-bond donors (Lipinski definition) is 2. The first-order valence-electron chi connectivity index (χ1n) is 9.17. The summed E-state index contributed by atoms with van der Waals surface area (Å²) in [6, 6.07) is 0. The summed E-state index contributed by atoms with van der Waals surface area (Å²) in [6.45, 7) is 2.21. The molecule has 0 saturated carbocycles. The Balaban J connectivity index is 2.04. The van der Waals surface area contributed by atoms with Gasteiger partial charge >= 0.3 is 5.97 Å². The van der Waals surface area contributed by atoms with E-state index in [9.17, 15) is 9.90 Å². The third-order valence-electron chi connectivity index (χ3n) is 3.96. The number of ether oxygens (including phenoxy) is 1. The van der Waals surface area contributed by atoms with Crippen molar-refractivity contribution >= 4 is 5.97 Å². The number of allylic oxidation sites excluding steroid dienone is 2. The van der Waals surface area contributed by atoms with E-state index in [4.69, 9.17) is 9.84 Å². The number of carbonyl (C=O) groups is 1. The lowest BCUT2D eigenvalue weighted by molar-refractivity contribution is -0.137. The topological polar surface area (TPSA) is 70.1 Å². The normalized spacial score (nSPS) is 21.9. The molecule has 0 aromatic heterocycles. The molecule has 1 fully saturated rings. The summed E-state index contributed by atoms with van der Waals surface area (Å²) in [5.41, 5.74) is 0. The average molecular weight is 336 g/mol. The zero-order valence-electron chi connectivity index (χ0n) is 14.8. The molecule has 1 heterocycles. The average Bonchev–Trinajstić information content (AvgIpc) is 3.30. The fourth-order valence-corrected chi connectivity index (χ4v) is 2.42. The Labute approximate surface area is 145 Å². The van der Waals surface area contributed by atoms with Crippen LogP contribution in [0.5, 0.6) is 0 Å². The van der Waals surface area contributed by atoms with Crippen molar-refractivity contribution < 1.29 is 19.7 Å². The van der Waals surface area contributed by atoms with Gasteiger partial charge in [0.15, 0.2) is 0 Å². The molecule has 2 N–H and O–H groups in total. The molecule has 3 atom stereocenters. The summed E-state index contributed by atoms with van der Waals surface area (Å²) in [4.78, 5) is 10.4. The van der Waals surface area contributed by atoms with Gasteiger partial charge in [0.25, 0.3) is 0 Å². The monoisotopic (exact) mass is 336 g/mol. The standard InChI is InChI=1S/C20H32O4/c1-2-3-4-5-6-10-13-18-19(24-18)16-15-17(21)12-9-7-8-11-14-20(22)23/h6-7,9-10,15-19,21H,2-5,8,11-14H2,1H3,(H,22,23)/b9-7-,10-6-,16-15+/t17?,18-,19+/m0/s1. The van der Waals surface area contributed by atoms with Crippen LogP contribution in [0.4, 0.5) is 0 Å². The number of carboxylic acid groups (broad SMARTS) is 1. The predicted molar refractivity (Wildman–Crippen MR) is 97.0 cm³/mol. The first kappa shape index (κ1) is 20.7. The summed E-state index contributed by atoms with van der Waals surface area (Å²) < 4.78 is 5.55. The molecular weight excluding hydrogens is 304 g/mol. The van der Waals surface area contributed by atoms with Crippen molar-refractivity contribution in [2.75, 3.05) is 0 Å². The number of aliphatic carboxylic acids is 1. The van der Waals surface area contributed by atoms with Crippen LogP contribution in [0.15, 0.2) is 36.5 Å². The van der Waals surface area contributed by atoms with E-state index in [0.29, 0.717) is 12.8 Å². The third-order valence-corrected chi connectivity index (χ3v) is 3.96. The van der Waals surface area contributed by atoms with Crippen LogP contribution in [0.1, 0.15) is 64.7 Å². The lowest BCUT2D eigenvalue weighted by atomic mass is 10.1. The Hall–Kier alpha value is -1.39. The van der Waals surface area contributed by atoms with Crippen molar-refractivity contribution in [3.05, 3.63) is 36.5 Å². The lowest BCUT2D eigenvalue weighted by Gasteiger charge is -1.99. The van der Waals surface area contributed by atoms with Crippen molar-refractivity contribution in [3.8, 4) is 0 Å². The van der Waals surface area contributed by atoms with Crippen molar-refractivity contribution in [2.45, 2.75) is 83.0 Å². The summed E-state index contributed by atoms with van der Waals surface area (Å²) >= 11 is 0. The van der Waals surface area contributed by atoms with Crippen LogP contribution in [-0.2, 0) is 9.53 Å². The molecule has 136 valence electrons. The number of rotatable bonds is 14. The van der Waals surface area contributed by atoms with Crippen LogP contribution >= 0.6 is 0 Å². The molecular formula is C20H32O4. The number of epoxide rings is 1. The van der Waals surface area contributed by atoms with Crippen molar-refractivity contribution in [1.29, 1.82) is 0 Å². The van der Waals surface area contributed by atoms with Gasteiger partial charge in [-0.25, -0.2) is 0 Å². The molecule has 4 heteroatoms. The van der Waals surface area contributed by atoms with Gasteiger partial charge in [-0.15, -0.1) is 0 Å². The highest BCUT2D eigenvalue weighted by Gasteiger charge is 2.34. The van der Waals surface area contributed by atoms with Gasteiger partial charge in [-0.3, -0.25) is 4.79 Å². The van der Waals surface area contributed by atoms with Crippen LogP contribution in [0, 0.1) is 0 Å². The zero-order valence-corrected chi connectivity index (χ0v) is 14.8. The van der Waals surface area contributed by atoms with Crippen molar-refractivity contribution in [1.82, 2.24) is 0 Å². The number of carboxylic acids is 1. The molecule has 0 bridgehead atoms. The number of hydrogen-bond acceptors (Lipinski definition) is 3. The Morgan fingerprint density at radius 2 is 1.88 bits per heavy atom. The Kier molecular flexibility index (Phi) is 11.2. The number of aliphatic hydroxyl groups excluding tert-OH is 1. The number of unbranched alkanes of at least 4 members (excludes halogenated alkanes) is 4. The highest BCUT2D eigenvalue weighted by molar-refractivity contribution is 5.66. The van der Waals surface area contributed by atoms with Gasteiger partial charge in [0, 0.05) is 6.42 Å². The molecule has 0 aromatic rings. The summed E-state index contributed by atoms with van der Waals surface area (Å²) in [5, 5.41) is 18.4. The summed E-state index contributed by atoms with van der Waals surface area (Å²) in [7, 11) is 0. The van der Waals surface area contributed by atoms with Crippen molar-refractivity contribution in [3.63, 3.8) is 0 Å². The van der Waals surface area contributed by atoms with E-state index in [1.165, 1.54) is 19.3 Å². The molecule has 0 radical (unpaired) electrons. The summed E-state index contributed by atoms with van der Waals surface area (Å²) in [6.07, 6.45) is 19.9. The van der Waals surface area contributed by atoms with Crippen LogP contribution in [0.3, 0.4) is 0 Å². The second-order valence-electron chi connectivity index (χ2n) is 6.29. The fraction of sp³-hybridized carbons (Fsp3) is 0.650. The maximum Gasteiger partial charge on any atom is 0.303 e. The van der Waals surface area contributed by atoms with E-state index < -0.39 is 12.1 Å². The van der Waals surface area contributed by atoms with E-state index in [1.807, 2.05) is 18.2 Å². The quantitative estimate of drug-likeness (QED) is 0.280. The predicted octanol–water partition coefficient (Wildman–Crippen LogP) is 4.40. The molecule has 0 amide bonds. The minimum Gasteiger partial charge on any atom is -0.481 e. The SMILES string of the molecule is CCCCC/C=C\C[C@@H]1O[C@@H]1/C=C/C(O)C/C=C\CCCC(=O)O. The molecule has 1 aliphatic heterocycles. The molecule has 24 heavy (non-hydrogen) atoms. The lowest BCUT2D eigenvalue weighted by Crippen LogP contribution is -2.00. The fourth-order valence-electron chi connectivity index (χ4n) is 2.42. The Bertz CT molecular complexity index is 425. The van der Waals surface area contributed by atoms with Crippen molar-refractivity contribution in [2.24, 2.45) is 0 Å². The molecule has 1 unspecified atom stereocenters. The maximum atomic E-state index is 10.4. The van der Waals surface area contributed by atoms with Crippen LogP contribution < -0.4 is 0 Å². The molecule has 1 rings (SSSR count). The van der Waals surface area contributed by atoms with E-state index in [0.717, 1.165) is 19.3 Å². The molecule has 0 spiro atoms. The van der Waals surface area contributed by atoms with E-state index >= 15 is 0 Å². The van der Waals surface area contributed by atoms with Gasteiger partial charge in [0.1, 0.15) is 6.10 Å². The second-order valence-corrected chi connectivity index (χ2v) is 6.29. The van der Waals surface area contributed by atoms with E-state index in [2.05, 4.69) is 19.1 Å². The third kappa shape index (κ3) is 11.2. The first-order chi connectivity index (χ1) is 11.6. The number of aliphatic hydroxyl groups is 1. The van der Waals surface area contributed by atoms with E-state index in [1.54, 1.807) is 6.08 Å². The molecule has 1 saturated heterocycles. The van der Waals surface area contributed by atoms with Gasteiger partial charge in [-0.1, -0.05) is 56.2 Å². The first-order valence-corrected chi connectivity index (χ1v) is 9.17. The minimum atomic E-state index is -0.763. The van der Waals surface area contributed by atoms with E-state index in [-0.39, 0.29) is 18.6 Å². The largest absolute Gasteiger partial charge is 0.481 e. The molecule has 1 aliphatic rings. The van der Waals surface area contributed by atoms with Gasteiger partial charge in [0.2, 0.25) is 0 Å². The van der Waals surface area contributed by atoms with Gasteiger partial charge < -0.3 is 14.9 Å². The smallest absolute Gasteiger partial charge is 0.303 e. The summed E-state index contributed by atoms with van der Waals surface area (Å²) in [5.74, 6) is -0.763.